The van der Waals surface area contributed by atoms with E-state index in [2.05, 4.69) is 45.6 Å². The van der Waals surface area contributed by atoms with Crippen molar-refractivity contribution in [2.45, 2.75) is 37.9 Å². The third kappa shape index (κ3) is 3.32. The maximum atomic E-state index is 12.2. The van der Waals surface area contributed by atoms with Gasteiger partial charge in [0.25, 0.3) is 0 Å². The number of aryl methyl sites for hydroxylation is 1. The predicted octanol–water partition coefficient (Wildman–Crippen LogP) is 2.65. The number of hydrogen-bond donors (Lipinski definition) is 2. The smallest absolute Gasteiger partial charge is 0.221 e. The Balaban J connectivity index is 1.51. The summed E-state index contributed by atoms with van der Waals surface area (Å²) < 4.78 is 0. The van der Waals surface area contributed by atoms with Gasteiger partial charge in [0.2, 0.25) is 11.1 Å². The molecule has 1 heterocycles. The maximum Gasteiger partial charge on any atom is 0.221 e. The zero-order valence-corrected chi connectivity index (χ0v) is 13.6. The Bertz CT molecular complexity index is 670. The van der Waals surface area contributed by atoms with Gasteiger partial charge in [-0.1, -0.05) is 43.0 Å². The van der Waals surface area contributed by atoms with Crippen LogP contribution in [0.2, 0.25) is 0 Å². The SMILES string of the molecule is Cc1nc(SCCC(=O)N[C@H]2c3ccccc3C[C@@H]2C)n[nH]1. The molecule has 3 rings (SSSR count). The quantitative estimate of drug-likeness (QED) is 0.832. The fourth-order valence-corrected chi connectivity index (χ4v) is 3.66. The van der Waals surface area contributed by atoms with Crippen LogP contribution in [0.3, 0.4) is 0 Å². The van der Waals surface area contributed by atoms with Gasteiger partial charge in [-0.05, 0) is 30.4 Å². The molecule has 0 unspecified atom stereocenters. The predicted molar refractivity (Wildman–Crippen MR) is 86.7 cm³/mol. The van der Waals surface area contributed by atoms with Gasteiger partial charge in [-0.3, -0.25) is 9.89 Å². The maximum absolute atomic E-state index is 12.2. The van der Waals surface area contributed by atoms with Gasteiger partial charge in [-0.2, -0.15) is 0 Å². The fraction of sp³-hybridized carbons (Fsp3) is 0.438. The van der Waals surface area contributed by atoms with E-state index in [9.17, 15) is 4.79 Å². The van der Waals surface area contributed by atoms with Crippen molar-refractivity contribution < 1.29 is 4.79 Å². The molecular formula is C16H20N4OS. The van der Waals surface area contributed by atoms with Gasteiger partial charge in [0.1, 0.15) is 5.82 Å². The second-order valence-electron chi connectivity index (χ2n) is 5.73. The standard InChI is InChI=1S/C16H20N4OS/c1-10-9-12-5-3-4-6-13(12)15(10)18-14(21)7-8-22-16-17-11(2)19-20-16/h3-6,10,15H,7-9H2,1-2H3,(H,18,21)(H,17,19,20)/t10-,15+/m0/s1. The molecule has 22 heavy (non-hydrogen) atoms. The zero-order chi connectivity index (χ0) is 15.5. The molecule has 1 amide bonds. The van der Waals surface area contributed by atoms with Crippen LogP contribution in [0, 0.1) is 12.8 Å². The topological polar surface area (TPSA) is 70.7 Å². The molecule has 0 saturated carbocycles. The van der Waals surface area contributed by atoms with Crippen molar-refractivity contribution >= 4 is 17.7 Å². The van der Waals surface area contributed by atoms with Gasteiger partial charge in [0.05, 0.1) is 6.04 Å². The number of nitrogens with zero attached hydrogens (tertiary/aromatic N) is 2. The molecule has 2 atom stereocenters. The Morgan fingerprint density at radius 1 is 1.45 bits per heavy atom. The van der Waals surface area contributed by atoms with E-state index in [0.29, 0.717) is 23.2 Å². The number of thioether (sulfide) groups is 1. The van der Waals surface area contributed by atoms with E-state index >= 15 is 0 Å². The van der Waals surface area contributed by atoms with E-state index in [1.165, 1.54) is 22.9 Å². The second-order valence-corrected chi connectivity index (χ2v) is 6.79. The van der Waals surface area contributed by atoms with Gasteiger partial charge >= 0.3 is 0 Å². The Morgan fingerprint density at radius 2 is 2.27 bits per heavy atom. The minimum Gasteiger partial charge on any atom is -0.349 e. The average Bonchev–Trinajstić information content (AvgIpc) is 3.03. The van der Waals surface area contributed by atoms with E-state index in [1.54, 1.807) is 0 Å². The van der Waals surface area contributed by atoms with Gasteiger partial charge in [0, 0.05) is 12.2 Å². The minimum absolute atomic E-state index is 0.0910. The van der Waals surface area contributed by atoms with Crippen LogP contribution in [0.15, 0.2) is 29.4 Å². The van der Waals surface area contributed by atoms with E-state index < -0.39 is 0 Å². The monoisotopic (exact) mass is 316 g/mol. The minimum atomic E-state index is 0.0910. The van der Waals surface area contributed by atoms with E-state index in [4.69, 9.17) is 0 Å². The fourth-order valence-electron chi connectivity index (χ4n) is 2.88. The van der Waals surface area contributed by atoms with Crippen LogP contribution < -0.4 is 5.32 Å². The molecule has 0 saturated heterocycles. The number of amides is 1. The number of carbonyl (C=O) groups is 1. The average molecular weight is 316 g/mol. The van der Waals surface area contributed by atoms with Crippen LogP contribution in [0.5, 0.6) is 0 Å². The summed E-state index contributed by atoms with van der Waals surface area (Å²) in [5, 5.41) is 10.7. The molecule has 0 fully saturated rings. The molecule has 2 aromatic rings. The lowest BCUT2D eigenvalue weighted by Crippen LogP contribution is -2.30. The molecule has 0 radical (unpaired) electrons. The number of aromatic nitrogens is 3. The Labute approximate surface area is 134 Å². The molecule has 0 spiro atoms. The summed E-state index contributed by atoms with van der Waals surface area (Å²) in [7, 11) is 0. The molecular weight excluding hydrogens is 296 g/mol. The van der Waals surface area contributed by atoms with E-state index in [-0.39, 0.29) is 11.9 Å². The van der Waals surface area contributed by atoms with Crippen molar-refractivity contribution in [3.05, 3.63) is 41.2 Å². The number of hydrogen-bond acceptors (Lipinski definition) is 4. The van der Waals surface area contributed by atoms with Crippen molar-refractivity contribution in [3.63, 3.8) is 0 Å². The van der Waals surface area contributed by atoms with Crippen molar-refractivity contribution in [1.29, 1.82) is 0 Å². The normalized spacial score (nSPS) is 19.9. The summed E-state index contributed by atoms with van der Waals surface area (Å²) in [5.41, 5.74) is 2.62. The summed E-state index contributed by atoms with van der Waals surface area (Å²) in [6.45, 7) is 4.05. The Morgan fingerprint density at radius 3 is 3.05 bits per heavy atom. The van der Waals surface area contributed by atoms with Crippen molar-refractivity contribution in [2.24, 2.45) is 5.92 Å². The zero-order valence-electron chi connectivity index (χ0n) is 12.8. The second kappa shape index (κ2) is 6.52. The lowest BCUT2D eigenvalue weighted by molar-refractivity contribution is -0.121. The van der Waals surface area contributed by atoms with Crippen LogP contribution >= 0.6 is 11.8 Å². The third-order valence-corrected chi connectivity index (χ3v) is 4.80. The first-order chi connectivity index (χ1) is 10.6. The van der Waals surface area contributed by atoms with Crippen molar-refractivity contribution in [2.75, 3.05) is 5.75 Å². The van der Waals surface area contributed by atoms with Gasteiger partial charge in [0.15, 0.2) is 0 Å². The summed E-state index contributed by atoms with van der Waals surface area (Å²) in [4.78, 5) is 16.4. The van der Waals surface area contributed by atoms with Gasteiger partial charge in [-0.25, -0.2) is 4.98 Å². The summed E-state index contributed by atoms with van der Waals surface area (Å²) in [5.74, 6) is 2.02. The van der Waals surface area contributed by atoms with Crippen LogP contribution in [0.4, 0.5) is 0 Å². The third-order valence-electron chi connectivity index (χ3n) is 3.95. The first-order valence-electron chi connectivity index (χ1n) is 7.52. The molecule has 2 N–H and O–H groups in total. The highest BCUT2D eigenvalue weighted by molar-refractivity contribution is 7.99. The number of rotatable bonds is 5. The molecule has 1 aromatic heterocycles. The van der Waals surface area contributed by atoms with Crippen LogP contribution in [0.1, 0.15) is 36.3 Å². The lowest BCUT2D eigenvalue weighted by Gasteiger charge is -2.18. The lowest BCUT2D eigenvalue weighted by atomic mass is 10.0. The van der Waals surface area contributed by atoms with Crippen molar-refractivity contribution in [3.8, 4) is 0 Å². The van der Waals surface area contributed by atoms with Crippen LogP contribution in [-0.4, -0.2) is 26.8 Å². The molecule has 6 heteroatoms. The molecule has 0 aliphatic heterocycles. The highest BCUT2D eigenvalue weighted by atomic mass is 32.2. The van der Waals surface area contributed by atoms with Crippen LogP contribution in [-0.2, 0) is 11.2 Å². The van der Waals surface area contributed by atoms with Gasteiger partial charge < -0.3 is 5.32 Å². The first kappa shape index (κ1) is 15.1. The van der Waals surface area contributed by atoms with E-state index in [0.717, 1.165) is 12.2 Å². The molecule has 0 bridgehead atoms. The first-order valence-corrected chi connectivity index (χ1v) is 8.51. The molecule has 1 aliphatic carbocycles. The van der Waals surface area contributed by atoms with Crippen molar-refractivity contribution in [1.82, 2.24) is 20.5 Å². The Hall–Kier alpha value is -1.82. The summed E-state index contributed by atoms with van der Waals surface area (Å²) in [6.07, 6.45) is 1.51. The summed E-state index contributed by atoms with van der Waals surface area (Å²) >= 11 is 1.50. The molecule has 5 nitrogen and oxygen atoms in total. The summed E-state index contributed by atoms with van der Waals surface area (Å²) in [6, 6.07) is 8.51. The number of H-pyrrole nitrogens is 1. The largest absolute Gasteiger partial charge is 0.349 e. The number of aromatic amines is 1. The Kier molecular flexibility index (Phi) is 4.47. The molecule has 1 aliphatic rings. The number of benzene rings is 1. The highest BCUT2D eigenvalue weighted by Crippen LogP contribution is 2.35. The van der Waals surface area contributed by atoms with Crippen LogP contribution in [0.25, 0.3) is 0 Å². The number of nitrogens with one attached hydrogen (secondary N) is 2. The highest BCUT2D eigenvalue weighted by Gasteiger charge is 2.29. The molecule has 116 valence electrons. The number of fused-ring (bicyclic) bond motifs is 1. The van der Waals surface area contributed by atoms with E-state index in [1.807, 2.05) is 13.0 Å². The number of carbonyl (C=O) groups excluding carboxylic acids is 1. The van der Waals surface area contributed by atoms with Gasteiger partial charge in [-0.15, -0.1) is 5.10 Å². The molecule has 1 aromatic carbocycles.